The van der Waals surface area contributed by atoms with E-state index in [1.807, 2.05) is 13.0 Å². The number of halogens is 1. The van der Waals surface area contributed by atoms with Crippen molar-refractivity contribution in [2.75, 3.05) is 12.0 Å². The SMILES string of the molecule is COc1ccc(N2C(=O)NC(=O)/C(=C/c3cccc(OC(=O)c4cccc(C)c4)c3)C2=O)cc1Cl. The lowest BCUT2D eigenvalue weighted by Crippen LogP contribution is -2.54. The summed E-state index contributed by atoms with van der Waals surface area (Å²) in [7, 11) is 1.44. The maximum Gasteiger partial charge on any atom is 0.343 e. The van der Waals surface area contributed by atoms with Crippen LogP contribution in [0.3, 0.4) is 0 Å². The molecule has 1 heterocycles. The Morgan fingerprint density at radius 1 is 1.00 bits per heavy atom. The van der Waals surface area contributed by atoms with Gasteiger partial charge in [0.25, 0.3) is 11.8 Å². The molecule has 0 saturated carbocycles. The molecule has 0 spiro atoms. The van der Waals surface area contributed by atoms with E-state index in [1.165, 1.54) is 37.5 Å². The van der Waals surface area contributed by atoms with E-state index in [1.54, 1.807) is 36.4 Å². The molecule has 4 amide bonds. The maximum atomic E-state index is 13.1. The van der Waals surface area contributed by atoms with Gasteiger partial charge in [0.1, 0.15) is 17.1 Å². The normalized spacial score (nSPS) is 14.7. The Kier molecular flexibility index (Phi) is 6.66. The summed E-state index contributed by atoms with van der Waals surface area (Å²) in [5.74, 6) is -1.63. The van der Waals surface area contributed by atoms with Crippen LogP contribution in [0.2, 0.25) is 5.02 Å². The molecule has 4 rings (SSSR count). The number of amides is 4. The number of nitrogens with zero attached hydrogens (tertiary/aromatic N) is 1. The number of esters is 1. The van der Waals surface area contributed by atoms with Crippen LogP contribution < -0.4 is 19.7 Å². The van der Waals surface area contributed by atoms with Gasteiger partial charge >= 0.3 is 12.0 Å². The Bertz CT molecular complexity index is 1400. The summed E-state index contributed by atoms with van der Waals surface area (Å²) in [6.45, 7) is 1.86. The number of imide groups is 2. The van der Waals surface area contributed by atoms with E-state index < -0.39 is 23.8 Å². The number of hydrogen-bond acceptors (Lipinski definition) is 6. The minimum absolute atomic E-state index is 0.164. The fourth-order valence-electron chi connectivity index (χ4n) is 3.46. The molecule has 0 aliphatic carbocycles. The van der Waals surface area contributed by atoms with E-state index in [2.05, 4.69) is 5.32 Å². The highest BCUT2D eigenvalue weighted by Gasteiger charge is 2.37. The summed E-state index contributed by atoms with van der Waals surface area (Å²) in [5, 5.41) is 2.34. The van der Waals surface area contributed by atoms with Crippen molar-refractivity contribution in [1.29, 1.82) is 0 Å². The van der Waals surface area contributed by atoms with E-state index in [9.17, 15) is 19.2 Å². The molecular weight excluding hydrogens is 472 g/mol. The van der Waals surface area contributed by atoms with E-state index in [0.29, 0.717) is 16.9 Å². The zero-order chi connectivity index (χ0) is 25.1. The molecule has 0 bridgehead atoms. The lowest BCUT2D eigenvalue weighted by atomic mass is 10.1. The highest BCUT2D eigenvalue weighted by molar-refractivity contribution is 6.39. The lowest BCUT2D eigenvalue weighted by molar-refractivity contribution is -0.122. The second-order valence-electron chi connectivity index (χ2n) is 7.61. The van der Waals surface area contributed by atoms with E-state index >= 15 is 0 Å². The Morgan fingerprint density at radius 2 is 1.77 bits per heavy atom. The quantitative estimate of drug-likeness (QED) is 0.244. The Morgan fingerprint density at radius 3 is 2.49 bits per heavy atom. The number of urea groups is 1. The predicted molar refractivity (Wildman–Crippen MR) is 130 cm³/mol. The average Bonchev–Trinajstić information content (AvgIpc) is 2.82. The van der Waals surface area contributed by atoms with Crippen LogP contribution in [0.25, 0.3) is 6.08 Å². The second-order valence-corrected chi connectivity index (χ2v) is 8.02. The fourth-order valence-corrected chi connectivity index (χ4v) is 3.71. The van der Waals surface area contributed by atoms with Crippen LogP contribution in [0, 0.1) is 6.92 Å². The third kappa shape index (κ3) is 5.07. The molecule has 1 fully saturated rings. The highest BCUT2D eigenvalue weighted by Crippen LogP contribution is 2.31. The first-order chi connectivity index (χ1) is 16.8. The molecule has 3 aromatic carbocycles. The van der Waals surface area contributed by atoms with Gasteiger partial charge in [-0.2, -0.15) is 0 Å². The van der Waals surface area contributed by atoms with Crippen molar-refractivity contribution in [1.82, 2.24) is 5.32 Å². The number of hydrogen-bond donors (Lipinski definition) is 1. The first kappa shape index (κ1) is 23.7. The number of carbonyl (C=O) groups excluding carboxylic acids is 4. The summed E-state index contributed by atoms with van der Waals surface area (Å²) in [6.07, 6.45) is 1.31. The first-order valence-electron chi connectivity index (χ1n) is 10.4. The van der Waals surface area contributed by atoms with Crippen molar-refractivity contribution in [2.24, 2.45) is 0 Å². The lowest BCUT2D eigenvalue weighted by Gasteiger charge is -2.26. The minimum Gasteiger partial charge on any atom is -0.495 e. The summed E-state index contributed by atoms with van der Waals surface area (Å²) in [6, 6.07) is 16.7. The van der Waals surface area contributed by atoms with Gasteiger partial charge in [-0.3, -0.25) is 14.9 Å². The molecule has 1 aliphatic rings. The van der Waals surface area contributed by atoms with Crippen molar-refractivity contribution in [3.8, 4) is 11.5 Å². The summed E-state index contributed by atoms with van der Waals surface area (Å²) >= 11 is 6.13. The summed E-state index contributed by atoms with van der Waals surface area (Å²) < 4.78 is 10.5. The topological polar surface area (TPSA) is 102 Å². The molecule has 0 radical (unpaired) electrons. The second kappa shape index (κ2) is 9.82. The zero-order valence-electron chi connectivity index (χ0n) is 18.7. The van der Waals surface area contributed by atoms with Crippen LogP contribution in [-0.4, -0.2) is 30.9 Å². The van der Waals surface area contributed by atoms with Crippen molar-refractivity contribution < 1.29 is 28.7 Å². The molecule has 0 atom stereocenters. The van der Waals surface area contributed by atoms with E-state index in [4.69, 9.17) is 21.1 Å². The molecule has 9 heteroatoms. The Hall–Kier alpha value is -4.43. The number of barbiturate groups is 1. The molecule has 1 saturated heterocycles. The van der Waals surface area contributed by atoms with E-state index in [0.717, 1.165) is 10.5 Å². The molecule has 3 aromatic rings. The predicted octanol–water partition coefficient (Wildman–Crippen LogP) is 4.54. The number of benzene rings is 3. The third-order valence-electron chi connectivity index (χ3n) is 5.13. The minimum atomic E-state index is -0.904. The Labute approximate surface area is 205 Å². The average molecular weight is 491 g/mol. The number of nitrogens with one attached hydrogen (secondary N) is 1. The number of anilines is 1. The third-order valence-corrected chi connectivity index (χ3v) is 5.42. The van der Waals surface area contributed by atoms with Crippen LogP contribution in [-0.2, 0) is 9.59 Å². The molecular formula is C26H19ClN2O6. The van der Waals surface area contributed by atoms with Gasteiger partial charge in [-0.15, -0.1) is 0 Å². The van der Waals surface area contributed by atoms with Crippen LogP contribution in [0.15, 0.2) is 72.3 Å². The van der Waals surface area contributed by atoms with Crippen molar-refractivity contribution in [2.45, 2.75) is 6.92 Å². The number of methoxy groups -OCH3 is 1. The Balaban J connectivity index is 1.61. The molecule has 1 aliphatic heterocycles. The van der Waals surface area contributed by atoms with E-state index in [-0.39, 0.29) is 22.0 Å². The molecule has 35 heavy (non-hydrogen) atoms. The number of rotatable bonds is 5. The van der Waals surface area contributed by atoms with Crippen molar-refractivity contribution in [3.05, 3.63) is 94.0 Å². The van der Waals surface area contributed by atoms with Gasteiger partial charge in [0, 0.05) is 0 Å². The van der Waals surface area contributed by atoms with Gasteiger partial charge in [-0.1, -0.05) is 41.4 Å². The maximum absolute atomic E-state index is 13.1. The van der Waals surface area contributed by atoms with Gasteiger partial charge < -0.3 is 9.47 Å². The fraction of sp³-hybridized carbons (Fsp3) is 0.0769. The van der Waals surface area contributed by atoms with Gasteiger partial charge in [0.05, 0.1) is 23.4 Å². The van der Waals surface area contributed by atoms with Crippen LogP contribution in [0.4, 0.5) is 10.5 Å². The van der Waals surface area contributed by atoms with Gasteiger partial charge in [0.15, 0.2) is 0 Å². The zero-order valence-corrected chi connectivity index (χ0v) is 19.5. The van der Waals surface area contributed by atoms with Crippen LogP contribution in [0.5, 0.6) is 11.5 Å². The number of aryl methyl sites for hydroxylation is 1. The molecule has 0 aromatic heterocycles. The first-order valence-corrected chi connectivity index (χ1v) is 10.8. The smallest absolute Gasteiger partial charge is 0.343 e. The standard InChI is InChI=1S/C26H19ClN2O6/c1-15-5-3-7-17(11-15)25(32)35-19-8-4-6-16(12-19)13-20-23(30)28-26(33)29(24(20)31)18-9-10-22(34-2)21(27)14-18/h3-14H,1-2H3,(H,28,30,33)/b20-13-. The van der Waals surface area contributed by atoms with Gasteiger partial charge in [-0.25, -0.2) is 14.5 Å². The molecule has 8 nitrogen and oxygen atoms in total. The van der Waals surface area contributed by atoms with Crippen molar-refractivity contribution >= 4 is 47.2 Å². The highest BCUT2D eigenvalue weighted by atomic mass is 35.5. The summed E-state index contributed by atoms with van der Waals surface area (Å²) in [4.78, 5) is 51.3. The number of ether oxygens (including phenoxy) is 2. The van der Waals surface area contributed by atoms with Crippen molar-refractivity contribution in [3.63, 3.8) is 0 Å². The molecule has 176 valence electrons. The largest absolute Gasteiger partial charge is 0.495 e. The van der Waals surface area contributed by atoms with Crippen LogP contribution >= 0.6 is 11.6 Å². The summed E-state index contributed by atoms with van der Waals surface area (Å²) in [5.41, 5.74) is 1.61. The van der Waals surface area contributed by atoms with Crippen LogP contribution in [0.1, 0.15) is 21.5 Å². The molecule has 0 unspecified atom stereocenters. The number of carbonyl (C=O) groups is 4. The molecule has 1 N–H and O–H groups in total. The van der Waals surface area contributed by atoms with Gasteiger partial charge in [-0.05, 0) is 61.0 Å². The van der Waals surface area contributed by atoms with Gasteiger partial charge in [0.2, 0.25) is 0 Å². The monoisotopic (exact) mass is 490 g/mol.